The van der Waals surface area contributed by atoms with Crippen molar-refractivity contribution >= 4 is 28.4 Å². The molecular weight excluding hydrogens is 260 g/mol. The molecule has 1 saturated heterocycles. The third-order valence-corrected chi connectivity index (χ3v) is 4.10. The van der Waals surface area contributed by atoms with Crippen molar-refractivity contribution < 1.29 is 4.79 Å². The van der Waals surface area contributed by atoms with E-state index in [2.05, 4.69) is 0 Å². The first-order valence-electron chi connectivity index (χ1n) is 6.77. The number of hydrogen-bond acceptors (Lipinski definition) is 1. The highest BCUT2D eigenvalue weighted by molar-refractivity contribution is 6.35. The maximum absolute atomic E-state index is 12.3. The number of piperidine rings is 1. The summed E-state index contributed by atoms with van der Waals surface area (Å²) >= 11 is 6.15. The predicted molar refractivity (Wildman–Crippen MR) is 77.4 cm³/mol. The second-order valence-electron chi connectivity index (χ2n) is 5.06. The van der Waals surface area contributed by atoms with Gasteiger partial charge in [-0.3, -0.25) is 4.79 Å². The van der Waals surface area contributed by atoms with Crippen molar-refractivity contribution in [2.45, 2.75) is 25.8 Å². The number of halogens is 1. The molecule has 3 nitrogen and oxygen atoms in total. The van der Waals surface area contributed by atoms with Gasteiger partial charge in [-0.25, -0.2) is 0 Å². The van der Waals surface area contributed by atoms with Crippen LogP contribution in [0, 0.1) is 0 Å². The average Bonchev–Trinajstić information content (AvgIpc) is 2.84. The minimum Gasteiger partial charge on any atom is -0.341 e. The van der Waals surface area contributed by atoms with Crippen molar-refractivity contribution in [1.82, 2.24) is 9.47 Å². The van der Waals surface area contributed by atoms with Crippen LogP contribution >= 0.6 is 11.6 Å². The lowest BCUT2D eigenvalue weighted by Gasteiger charge is -2.27. The largest absolute Gasteiger partial charge is 0.341 e. The molecule has 1 fully saturated rings. The van der Waals surface area contributed by atoms with Crippen LogP contribution < -0.4 is 0 Å². The highest BCUT2D eigenvalue weighted by Gasteiger charge is 2.17. The predicted octanol–water partition coefficient (Wildman–Crippen LogP) is 3.31. The molecular formula is C15H17ClN2O. The van der Waals surface area contributed by atoms with Crippen molar-refractivity contribution in [3.05, 3.63) is 35.5 Å². The number of carbonyl (C=O) groups excluding carboxylic acids is 1. The summed E-state index contributed by atoms with van der Waals surface area (Å²) in [5, 5.41) is 1.75. The highest BCUT2D eigenvalue weighted by Crippen LogP contribution is 2.24. The van der Waals surface area contributed by atoms with Crippen LogP contribution in [0.3, 0.4) is 0 Å². The van der Waals surface area contributed by atoms with E-state index in [1.165, 1.54) is 6.42 Å². The van der Waals surface area contributed by atoms with E-state index in [-0.39, 0.29) is 5.91 Å². The van der Waals surface area contributed by atoms with Gasteiger partial charge in [-0.1, -0.05) is 17.7 Å². The van der Waals surface area contributed by atoms with Gasteiger partial charge in [-0.2, -0.15) is 0 Å². The molecule has 1 aliphatic rings. The van der Waals surface area contributed by atoms with E-state index in [0.717, 1.165) is 41.9 Å². The Balaban J connectivity index is 1.81. The molecule has 2 aromatic rings. The normalized spacial score (nSPS) is 15.9. The quantitative estimate of drug-likeness (QED) is 0.826. The second-order valence-corrected chi connectivity index (χ2v) is 5.46. The van der Waals surface area contributed by atoms with E-state index >= 15 is 0 Å². The molecule has 19 heavy (non-hydrogen) atoms. The molecule has 0 spiro atoms. The number of likely N-dealkylation sites (tertiary alicyclic amines) is 1. The first kappa shape index (κ1) is 12.5. The Labute approximate surface area is 117 Å². The molecule has 1 aromatic heterocycles. The summed E-state index contributed by atoms with van der Waals surface area (Å²) < 4.78 is 1.98. The lowest BCUT2D eigenvalue weighted by Crippen LogP contribution is -2.37. The molecule has 0 atom stereocenters. The minimum atomic E-state index is 0.206. The summed E-state index contributed by atoms with van der Waals surface area (Å²) in [7, 11) is 0. The topological polar surface area (TPSA) is 25.2 Å². The van der Waals surface area contributed by atoms with E-state index < -0.39 is 0 Å². The number of hydrogen-bond donors (Lipinski definition) is 0. The van der Waals surface area contributed by atoms with E-state index in [0.29, 0.717) is 6.54 Å². The fraction of sp³-hybridized carbons (Fsp3) is 0.400. The van der Waals surface area contributed by atoms with Gasteiger partial charge in [-0.05, 0) is 37.5 Å². The third-order valence-electron chi connectivity index (χ3n) is 3.77. The van der Waals surface area contributed by atoms with Gasteiger partial charge < -0.3 is 9.47 Å². The number of nitrogens with zero attached hydrogens (tertiary/aromatic N) is 2. The van der Waals surface area contributed by atoms with Crippen LogP contribution in [0.2, 0.25) is 5.02 Å². The maximum Gasteiger partial charge on any atom is 0.242 e. The number of rotatable bonds is 2. The van der Waals surface area contributed by atoms with Crippen LogP contribution in [0.4, 0.5) is 0 Å². The summed E-state index contributed by atoms with van der Waals surface area (Å²) in [5.74, 6) is 0.206. The molecule has 0 radical (unpaired) electrons. The van der Waals surface area contributed by atoms with Gasteiger partial charge in [0.15, 0.2) is 0 Å². The van der Waals surface area contributed by atoms with Gasteiger partial charge in [0.25, 0.3) is 0 Å². The summed E-state index contributed by atoms with van der Waals surface area (Å²) in [4.78, 5) is 14.2. The minimum absolute atomic E-state index is 0.206. The Bertz CT molecular complexity index is 599. The molecule has 4 heteroatoms. The van der Waals surface area contributed by atoms with Gasteiger partial charge >= 0.3 is 0 Å². The molecule has 1 aliphatic heterocycles. The van der Waals surface area contributed by atoms with Crippen LogP contribution in [0.5, 0.6) is 0 Å². The van der Waals surface area contributed by atoms with Crippen LogP contribution in [-0.4, -0.2) is 28.5 Å². The van der Waals surface area contributed by atoms with Crippen molar-refractivity contribution in [3.63, 3.8) is 0 Å². The summed E-state index contributed by atoms with van der Waals surface area (Å²) in [6.07, 6.45) is 5.44. The van der Waals surface area contributed by atoms with Gasteiger partial charge in [0, 0.05) is 35.2 Å². The maximum atomic E-state index is 12.3. The molecule has 0 saturated carbocycles. The fourth-order valence-corrected chi connectivity index (χ4v) is 2.95. The van der Waals surface area contributed by atoms with Crippen molar-refractivity contribution in [3.8, 4) is 0 Å². The van der Waals surface area contributed by atoms with Gasteiger partial charge in [0.05, 0.1) is 0 Å². The van der Waals surface area contributed by atoms with E-state index in [1.54, 1.807) is 0 Å². The summed E-state index contributed by atoms with van der Waals surface area (Å²) in [6, 6.07) is 7.78. The van der Waals surface area contributed by atoms with Crippen molar-refractivity contribution in [2.24, 2.45) is 0 Å². The van der Waals surface area contributed by atoms with Crippen molar-refractivity contribution in [2.75, 3.05) is 13.1 Å². The third kappa shape index (κ3) is 2.47. The number of aromatic nitrogens is 1. The standard InChI is InChI=1S/C15H17ClN2O/c16-13-5-4-6-14-12(13)7-10-18(14)11-15(19)17-8-2-1-3-9-17/h4-7,10H,1-3,8-9,11H2. The zero-order chi connectivity index (χ0) is 13.2. The van der Waals surface area contributed by atoms with Crippen LogP contribution in [-0.2, 0) is 11.3 Å². The Kier molecular flexibility index (Phi) is 3.47. The SMILES string of the molecule is O=C(Cn1ccc2c(Cl)cccc21)N1CCCCC1. The van der Waals surface area contributed by atoms with Crippen molar-refractivity contribution in [1.29, 1.82) is 0 Å². The highest BCUT2D eigenvalue weighted by atomic mass is 35.5. The zero-order valence-corrected chi connectivity index (χ0v) is 11.6. The van der Waals surface area contributed by atoms with Crippen LogP contribution in [0.25, 0.3) is 10.9 Å². The van der Waals surface area contributed by atoms with E-state index in [9.17, 15) is 4.79 Å². The first-order valence-corrected chi connectivity index (χ1v) is 7.14. The summed E-state index contributed by atoms with van der Waals surface area (Å²) in [6.45, 7) is 2.21. The molecule has 0 N–H and O–H groups in total. The lowest BCUT2D eigenvalue weighted by atomic mass is 10.1. The Morgan fingerprint density at radius 1 is 1.16 bits per heavy atom. The molecule has 0 unspecified atom stereocenters. The average molecular weight is 277 g/mol. The monoisotopic (exact) mass is 276 g/mol. The molecule has 1 amide bonds. The smallest absolute Gasteiger partial charge is 0.242 e. The summed E-state index contributed by atoms with van der Waals surface area (Å²) in [5.41, 5.74) is 1.03. The van der Waals surface area contributed by atoms with E-state index in [4.69, 9.17) is 11.6 Å². The molecule has 0 bridgehead atoms. The second kappa shape index (κ2) is 5.25. The van der Waals surface area contributed by atoms with Crippen LogP contribution in [0.1, 0.15) is 19.3 Å². The lowest BCUT2D eigenvalue weighted by molar-refractivity contribution is -0.132. The molecule has 3 rings (SSSR count). The zero-order valence-electron chi connectivity index (χ0n) is 10.8. The number of benzene rings is 1. The number of carbonyl (C=O) groups is 1. The molecule has 0 aliphatic carbocycles. The molecule has 2 heterocycles. The Morgan fingerprint density at radius 2 is 1.95 bits per heavy atom. The number of amides is 1. The van der Waals surface area contributed by atoms with Crippen LogP contribution in [0.15, 0.2) is 30.5 Å². The molecule has 1 aromatic carbocycles. The van der Waals surface area contributed by atoms with E-state index in [1.807, 2.05) is 39.9 Å². The number of fused-ring (bicyclic) bond motifs is 1. The Hall–Kier alpha value is -1.48. The van der Waals surface area contributed by atoms with Gasteiger partial charge in [0.1, 0.15) is 6.54 Å². The molecule has 100 valence electrons. The Morgan fingerprint density at radius 3 is 2.74 bits per heavy atom. The fourth-order valence-electron chi connectivity index (χ4n) is 2.71. The first-order chi connectivity index (χ1) is 9.25. The van der Waals surface area contributed by atoms with Gasteiger partial charge in [0.2, 0.25) is 5.91 Å². The van der Waals surface area contributed by atoms with Gasteiger partial charge in [-0.15, -0.1) is 0 Å².